The fourth-order valence-corrected chi connectivity index (χ4v) is 4.90. The molecule has 1 N–H and O–H groups in total. The second-order valence-corrected chi connectivity index (χ2v) is 8.20. The van der Waals surface area contributed by atoms with Gasteiger partial charge in [0.25, 0.3) is 0 Å². The largest absolute Gasteiger partial charge is 0.493 e. The lowest BCUT2D eigenvalue weighted by Gasteiger charge is -2.26. The Balaban J connectivity index is 1.81. The van der Waals surface area contributed by atoms with E-state index in [1.54, 1.807) is 18.4 Å². The molecule has 1 aliphatic heterocycles. The molecule has 0 bridgehead atoms. The van der Waals surface area contributed by atoms with E-state index in [4.69, 9.17) is 9.47 Å². The zero-order valence-corrected chi connectivity index (χ0v) is 17.8. The number of anilines is 1. The van der Waals surface area contributed by atoms with Gasteiger partial charge < -0.3 is 14.8 Å². The van der Waals surface area contributed by atoms with Crippen molar-refractivity contribution in [3.05, 3.63) is 63.8 Å². The van der Waals surface area contributed by atoms with E-state index >= 15 is 0 Å². The summed E-state index contributed by atoms with van der Waals surface area (Å²) >= 11 is 1.69. The molecular weight excluding hydrogens is 382 g/mol. The Morgan fingerprint density at radius 2 is 1.97 bits per heavy atom. The van der Waals surface area contributed by atoms with Crippen molar-refractivity contribution in [2.75, 3.05) is 19.0 Å². The number of nitrogens with one attached hydrogen (secondary N) is 1. The van der Waals surface area contributed by atoms with Gasteiger partial charge in [0.05, 0.1) is 19.4 Å². The van der Waals surface area contributed by atoms with Crippen molar-refractivity contribution in [2.45, 2.75) is 32.6 Å². The molecule has 1 amide bonds. The summed E-state index contributed by atoms with van der Waals surface area (Å²) in [7, 11) is 1.65. The van der Waals surface area contributed by atoms with Crippen molar-refractivity contribution in [1.82, 2.24) is 0 Å². The van der Waals surface area contributed by atoms with Crippen molar-refractivity contribution in [2.24, 2.45) is 0 Å². The lowest BCUT2D eigenvalue weighted by Crippen LogP contribution is -2.23. The lowest BCUT2D eigenvalue weighted by atomic mass is 9.88. The van der Waals surface area contributed by atoms with Gasteiger partial charge in [-0.2, -0.15) is 0 Å². The normalized spacial score (nSPS) is 15.6. The molecule has 1 aromatic heterocycles. The third-order valence-electron chi connectivity index (χ3n) is 5.21. The van der Waals surface area contributed by atoms with Gasteiger partial charge in [-0.05, 0) is 25.0 Å². The van der Waals surface area contributed by atoms with Crippen LogP contribution in [0.4, 0.5) is 5.69 Å². The van der Waals surface area contributed by atoms with E-state index in [-0.39, 0.29) is 11.8 Å². The van der Waals surface area contributed by atoms with Gasteiger partial charge in [-0.1, -0.05) is 48.9 Å². The van der Waals surface area contributed by atoms with Crippen LogP contribution in [0.1, 0.15) is 41.7 Å². The van der Waals surface area contributed by atoms with Crippen LogP contribution >= 0.6 is 11.3 Å². The highest BCUT2D eigenvalue weighted by atomic mass is 32.1. The van der Waals surface area contributed by atoms with Crippen molar-refractivity contribution in [3.8, 4) is 22.6 Å². The molecule has 1 unspecified atom stereocenters. The van der Waals surface area contributed by atoms with E-state index < -0.39 is 0 Å². The number of rotatable bonds is 6. The standard InChI is InChI=1S/C24H25NO3S/c1-4-12-28-23-17(6-5-7-20(23)27-3)18-13-21(26)25-22-19(14-29-24(18)22)16-10-8-15(2)9-11-16/h5-11,14,18H,4,12-13H2,1-3H3,(H,25,26). The quantitative estimate of drug-likeness (QED) is 0.545. The van der Waals surface area contributed by atoms with Gasteiger partial charge in [-0.25, -0.2) is 0 Å². The zero-order valence-electron chi connectivity index (χ0n) is 17.0. The maximum absolute atomic E-state index is 12.6. The van der Waals surface area contributed by atoms with Crippen molar-refractivity contribution in [3.63, 3.8) is 0 Å². The maximum Gasteiger partial charge on any atom is 0.225 e. The highest BCUT2D eigenvalue weighted by Crippen LogP contribution is 2.49. The van der Waals surface area contributed by atoms with Crippen LogP contribution < -0.4 is 14.8 Å². The maximum atomic E-state index is 12.6. The fraction of sp³-hybridized carbons (Fsp3) is 0.292. The van der Waals surface area contributed by atoms with Crippen LogP contribution in [0, 0.1) is 6.92 Å². The van der Waals surface area contributed by atoms with E-state index in [0.717, 1.165) is 39.4 Å². The Morgan fingerprint density at radius 3 is 2.69 bits per heavy atom. The number of amides is 1. The fourth-order valence-electron chi connectivity index (χ4n) is 3.75. The second-order valence-electron chi connectivity index (χ2n) is 7.29. The molecule has 150 valence electrons. The van der Waals surface area contributed by atoms with Crippen LogP contribution in [0.3, 0.4) is 0 Å². The summed E-state index contributed by atoms with van der Waals surface area (Å²) in [6, 6.07) is 14.3. The molecule has 0 saturated heterocycles. The van der Waals surface area contributed by atoms with Crippen molar-refractivity contribution >= 4 is 22.9 Å². The summed E-state index contributed by atoms with van der Waals surface area (Å²) in [6.07, 6.45) is 1.31. The highest BCUT2D eigenvalue weighted by Gasteiger charge is 2.33. The Kier molecular flexibility index (Phi) is 5.58. The average Bonchev–Trinajstić information content (AvgIpc) is 3.15. The summed E-state index contributed by atoms with van der Waals surface area (Å²) in [5.74, 6) is 1.43. The van der Waals surface area contributed by atoms with E-state index in [9.17, 15) is 4.79 Å². The van der Waals surface area contributed by atoms with Gasteiger partial charge in [0.1, 0.15) is 0 Å². The molecule has 1 atom stereocenters. The minimum absolute atomic E-state index is 0.0264. The van der Waals surface area contributed by atoms with Crippen molar-refractivity contribution < 1.29 is 14.3 Å². The van der Waals surface area contributed by atoms with E-state index in [1.807, 2.05) is 18.2 Å². The number of carbonyl (C=O) groups excluding carboxylic acids is 1. The molecule has 5 heteroatoms. The van der Waals surface area contributed by atoms with Crippen LogP contribution in [0.25, 0.3) is 11.1 Å². The summed E-state index contributed by atoms with van der Waals surface area (Å²) in [5.41, 5.74) is 5.33. The number of hydrogen-bond acceptors (Lipinski definition) is 4. The monoisotopic (exact) mass is 407 g/mol. The first kappa shape index (κ1) is 19.5. The van der Waals surface area contributed by atoms with E-state index in [0.29, 0.717) is 18.8 Å². The number of thiophene rings is 1. The minimum Gasteiger partial charge on any atom is -0.493 e. The van der Waals surface area contributed by atoms with Gasteiger partial charge in [0.2, 0.25) is 5.91 Å². The molecule has 0 fully saturated rings. The van der Waals surface area contributed by atoms with Crippen LogP contribution in [-0.4, -0.2) is 19.6 Å². The Labute approximate surface area is 175 Å². The van der Waals surface area contributed by atoms with Gasteiger partial charge in [0, 0.05) is 33.7 Å². The van der Waals surface area contributed by atoms with Crippen LogP contribution in [-0.2, 0) is 4.79 Å². The second kappa shape index (κ2) is 8.29. The predicted molar refractivity (Wildman–Crippen MR) is 118 cm³/mol. The number of para-hydroxylation sites is 1. The number of ether oxygens (including phenoxy) is 2. The molecule has 29 heavy (non-hydrogen) atoms. The molecule has 2 aromatic carbocycles. The first-order valence-corrected chi connectivity index (χ1v) is 10.8. The van der Waals surface area contributed by atoms with Gasteiger partial charge in [-0.15, -0.1) is 11.3 Å². The smallest absolute Gasteiger partial charge is 0.225 e. The van der Waals surface area contributed by atoms with Crippen LogP contribution in [0.5, 0.6) is 11.5 Å². The van der Waals surface area contributed by atoms with Gasteiger partial charge in [0.15, 0.2) is 11.5 Å². The summed E-state index contributed by atoms with van der Waals surface area (Å²) < 4.78 is 11.6. The molecule has 2 heterocycles. The van der Waals surface area contributed by atoms with Gasteiger partial charge in [-0.3, -0.25) is 4.79 Å². The summed E-state index contributed by atoms with van der Waals surface area (Å²) in [6.45, 7) is 4.76. The van der Waals surface area contributed by atoms with E-state index in [1.165, 1.54) is 5.56 Å². The summed E-state index contributed by atoms with van der Waals surface area (Å²) in [5, 5.41) is 5.25. The molecule has 1 aliphatic rings. The third-order valence-corrected chi connectivity index (χ3v) is 6.30. The van der Waals surface area contributed by atoms with Crippen LogP contribution in [0.15, 0.2) is 47.8 Å². The number of hydrogen-bond donors (Lipinski definition) is 1. The highest BCUT2D eigenvalue weighted by molar-refractivity contribution is 7.11. The van der Waals surface area contributed by atoms with Gasteiger partial charge >= 0.3 is 0 Å². The first-order valence-electron chi connectivity index (χ1n) is 9.90. The number of benzene rings is 2. The SMILES string of the molecule is CCCOc1c(OC)cccc1C1CC(=O)Nc2c(-c3ccc(C)cc3)csc21. The molecule has 0 radical (unpaired) electrons. The molecular formula is C24H25NO3S. The molecule has 0 aliphatic carbocycles. The number of methoxy groups -OCH3 is 1. The average molecular weight is 408 g/mol. The Bertz CT molecular complexity index is 1020. The zero-order chi connectivity index (χ0) is 20.4. The van der Waals surface area contributed by atoms with Crippen LogP contribution in [0.2, 0.25) is 0 Å². The lowest BCUT2D eigenvalue weighted by molar-refractivity contribution is -0.116. The minimum atomic E-state index is -0.0510. The Morgan fingerprint density at radius 1 is 1.17 bits per heavy atom. The predicted octanol–water partition coefficient (Wildman–Crippen LogP) is 6.00. The molecule has 3 aromatic rings. The number of aryl methyl sites for hydroxylation is 1. The molecule has 0 spiro atoms. The topological polar surface area (TPSA) is 47.6 Å². The first-order chi connectivity index (χ1) is 14.1. The Hall–Kier alpha value is -2.79. The number of fused-ring (bicyclic) bond motifs is 1. The number of carbonyl (C=O) groups is 1. The van der Waals surface area contributed by atoms with Crippen molar-refractivity contribution in [1.29, 1.82) is 0 Å². The third kappa shape index (κ3) is 3.75. The summed E-state index contributed by atoms with van der Waals surface area (Å²) in [4.78, 5) is 13.8. The molecule has 0 saturated carbocycles. The molecule has 4 nitrogen and oxygen atoms in total. The van der Waals surface area contributed by atoms with E-state index in [2.05, 4.69) is 48.8 Å². The molecule has 4 rings (SSSR count).